The average molecular weight is 256 g/mol. The number of nitrogens with zero attached hydrogens (tertiary/aromatic N) is 2. The Bertz CT molecular complexity index is 464. The van der Waals surface area contributed by atoms with E-state index in [0.29, 0.717) is 26.3 Å². The molecule has 0 atom stereocenters. The Morgan fingerprint density at radius 3 is 2.59 bits per heavy atom. The second kappa shape index (κ2) is 5.12. The molecule has 0 unspecified atom stereocenters. The number of hydrogen-bond donors (Lipinski definition) is 0. The van der Waals surface area contributed by atoms with Gasteiger partial charge in [-0.3, -0.25) is 4.98 Å². The molecule has 2 rings (SSSR count). The molecule has 1 aromatic rings. The minimum Gasteiger partial charge on any atom is -0.379 e. The van der Waals surface area contributed by atoms with E-state index in [1.54, 1.807) is 12.1 Å². The number of aromatic nitrogens is 1. The Labute approximate surface area is 101 Å². The third-order valence-corrected chi connectivity index (χ3v) is 4.65. The SMILES string of the molecule is CCc1ccc(S(=O)(=O)N2CCOCC2)cn1. The summed E-state index contributed by atoms with van der Waals surface area (Å²) in [6.07, 6.45) is 2.24. The van der Waals surface area contributed by atoms with Crippen LogP contribution in [-0.4, -0.2) is 44.0 Å². The van der Waals surface area contributed by atoms with Crippen LogP contribution in [0.3, 0.4) is 0 Å². The van der Waals surface area contributed by atoms with Crippen LogP contribution in [0.1, 0.15) is 12.6 Å². The van der Waals surface area contributed by atoms with Crippen molar-refractivity contribution in [3.05, 3.63) is 24.0 Å². The van der Waals surface area contributed by atoms with Gasteiger partial charge in [0.2, 0.25) is 10.0 Å². The molecular formula is C11H16N2O3S. The van der Waals surface area contributed by atoms with Crippen molar-refractivity contribution in [2.75, 3.05) is 26.3 Å². The van der Waals surface area contributed by atoms with Crippen molar-refractivity contribution < 1.29 is 13.2 Å². The maximum absolute atomic E-state index is 12.2. The van der Waals surface area contributed by atoms with Gasteiger partial charge in [-0.1, -0.05) is 6.92 Å². The van der Waals surface area contributed by atoms with Crippen molar-refractivity contribution in [2.45, 2.75) is 18.2 Å². The van der Waals surface area contributed by atoms with Gasteiger partial charge in [-0.25, -0.2) is 8.42 Å². The van der Waals surface area contributed by atoms with E-state index in [-0.39, 0.29) is 4.90 Å². The summed E-state index contributed by atoms with van der Waals surface area (Å²) in [6.45, 7) is 3.73. The summed E-state index contributed by atoms with van der Waals surface area (Å²) in [6, 6.07) is 3.38. The number of morpholine rings is 1. The molecule has 6 heteroatoms. The van der Waals surface area contributed by atoms with E-state index in [4.69, 9.17) is 4.74 Å². The molecule has 1 saturated heterocycles. The zero-order valence-corrected chi connectivity index (χ0v) is 10.6. The maximum Gasteiger partial charge on any atom is 0.244 e. The second-order valence-electron chi connectivity index (χ2n) is 3.86. The van der Waals surface area contributed by atoms with E-state index < -0.39 is 10.0 Å². The first-order valence-corrected chi connectivity index (χ1v) is 7.11. The topological polar surface area (TPSA) is 59.5 Å². The van der Waals surface area contributed by atoms with Crippen molar-refractivity contribution in [3.8, 4) is 0 Å². The third kappa shape index (κ3) is 2.65. The van der Waals surface area contributed by atoms with E-state index in [9.17, 15) is 8.42 Å². The molecule has 0 aliphatic carbocycles. The van der Waals surface area contributed by atoms with Crippen LogP contribution in [0.2, 0.25) is 0 Å². The molecular weight excluding hydrogens is 240 g/mol. The smallest absolute Gasteiger partial charge is 0.244 e. The van der Waals surface area contributed by atoms with E-state index in [0.717, 1.165) is 12.1 Å². The summed E-state index contributed by atoms with van der Waals surface area (Å²) >= 11 is 0. The van der Waals surface area contributed by atoms with E-state index in [1.165, 1.54) is 10.5 Å². The molecule has 0 saturated carbocycles. The van der Waals surface area contributed by atoms with Crippen LogP contribution in [0.25, 0.3) is 0 Å². The summed E-state index contributed by atoms with van der Waals surface area (Å²) < 4.78 is 31.0. The molecule has 2 heterocycles. The standard InChI is InChI=1S/C11H16N2O3S/c1-2-10-3-4-11(9-12-10)17(14,15)13-5-7-16-8-6-13/h3-4,9H,2,5-8H2,1H3. The van der Waals surface area contributed by atoms with Gasteiger partial charge in [0, 0.05) is 25.0 Å². The van der Waals surface area contributed by atoms with Gasteiger partial charge >= 0.3 is 0 Å². The monoisotopic (exact) mass is 256 g/mol. The van der Waals surface area contributed by atoms with Gasteiger partial charge in [-0.2, -0.15) is 4.31 Å². The predicted octanol–water partition coefficient (Wildman–Crippen LogP) is 0.665. The van der Waals surface area contributed by atoms with Gasteiger partial charge in [-0.05, 0) is 18.6 Å². The molecule has 0 aromatic carbocycles. The molecule has 5 nitrogen and oxygen atoms in total. The lowest BCUT2D eigenvalue weighted by atomic mass is 10.3. The molecule has 1 aliphatic rings. The van der Waals surface area contributed by atoms with E-state index in [1.807, 2.05) is 6.92 Å². The number of pyridine rings is 1. The number of hydrogen-bond acceptors (Lipinski definition) is 4. The maximum atomic E-state index is 12.2. The Morgan fingerprint density at radius 2 is 2.06 bits per heavy atom. The van der Waals surface area contributed by atoms with Gasteiger partial charge in [0.05, 0.1) is 13.2 Å². The van der Waals surface area contributed by atoms with Gasteiger partial charge < -0.3 is 4.74 Å². The zero-order valence-electron chi connectivity index (χ0n) is 9.80. The van der Waals surface area contributed by atoms with Crippen molar-refractivity contribution >= 4 is 10.0 Å². The molecule has 1 fully saturated rings. The average Bonchev–Trinajstić information content (AvgIpc) is 2.40. The van der Waals surface area contributed by atoms with E-state index >= 15 is 0 Å². The first kappa shape index (κ1) is 12.5. The first-order chi connectivity index (χ1) is 8.14. The summed E-state index contributed by atoms with van der Waals surface area (Å²) in [4.78, 5) is 4.38. The minimum atomic E-state index is -3.40. The molecule has 0 bridgehead atoms. The summed E-state index contributed by atoms with van der Waals surface area (Å²) in [5.41, 5.74) is 0.894. The Kier molecular flexibility index (Phi) is 3.76. The van der Waals surface area contributed by atoms with Gasteiger partial charge in [0.15, 0.2) is 0 Å². The third-order valence-electron chi connectivity index (χ3n) is 2.77. The second-order valence-corrected chi connectivity index (χ2v) is 5.79. The lowest BCUT2D eigenvalue weighted by Crippen LogP contribution is -2.40. The van der Waals surface area contributed by atoms with Crippen LogP contribution in [0.15, 0.2) is 23.2 Å². The van der Waals surface area contributed by atoms with Gasteiger partial charge in [-0.15, -0.1) is 0 Å². The van der Waals surface area contributed by atoms with Crippen molar-refractivity contribution in [2.24, 2.45) is 0 Å². The minimum absolute atomic E-state index is 0.261. The Hall–Kier alpha value is -0.980. The van der Waals surface area contributed by atoms with Crippen LogP contribution in [-0.2, 0) is 21.2 Å². The van der Waals surface area contributed by atoms with Crippen molar-refractivity contribution in [1.29, 1.82) is 0 Å². The van der Waals surface area contributed by atoms with Crippen molar-refractivity contribution in [3.63, 3.8) is 0 Å². The molecule has 17 heavy (non-hydrogen) atoms. The van der Waals surface area contributed by atoms with Crippen LogP contribution in [0.4, 0.5) is 0 Å². The fraction of sp³-hybridized carbons (Fsp3) is 0.545. The van der Waals surface area contributed by atoms with Crippen molar-refractivity contribution in [1.82, 2.24) is 9.29 Å². The Balaban J connectivity index is 2.23. The van der Waals surface area contributed by atoms with E-state index in [2.05, 4.69) is 4.98 Å². The molecule has 0 amide bonds. The largest absolute Gasteiger partial charge is 0.379 e. The summed E-state index contributed by atoms with van der Waals surface area (Å²) in [7, 11) is -3.40. The lowest BCUT2D eigenvalue weighted by molar-refractivity contribution is 0.0730. The fourth-order valence-corrected chi connectivity index (χ4v) is 3.06. The number of rotatable bonds is 3. The quantitative estimate of drug-likeness (QED) is 0.797. The molecule has 0 spiro atoms. The van der Waals surface area contributed by atoms with Crippen LogP contribution in [0, 0.1) is 0 Å². The zero-order chi connectivity index (χ0) is 12.3. The van der Waals surface area contributed by atoms with Crippen LogP contribution in [0.5, 0.6) is 0 Å². The highest BCUT2D eigenvalue weighted by Crippen LogP contribution is 2.16. The molecule has 0 radical (unpaired) electrons. The number of aryl methyl sites for hydroxylation is 1. The van der Waals surface area contributed by atoms with Gasteiger partial charge in [0.1, 0.15) is 4.90 Å². The first-order valence-electron chi connectivity index (χ1n) is 5.67. The fourth-order valence-electron chi connectivity index (χ4n) is 1.71. The molecule has 94 valence electrons. The number of ether oxygens (including phenoxy) is 1. The highest BCUT2D eigenvalue weighted by atomic mass is 32.2. The number of sulfonamides is 1. The molecule has 1 aromatic heterocycles. The summed E-state index contributed by atoms with van der Waals surface area (Å²) in [5.74, 6) is 0. The highest BCUT2D eigenvalue weighted by Gasteiger charge is 2.26. The molecule has 0 N–H and O–H groups in total. The van der Waals surface area contributed by atoms with Crippen LogP contribution < -0.4 is 0 Å². The molecule has 1 aliphatic heterocycles. The van der Waals surface area contributed by atoms with Crippen LogP contribution >= 0.6 is 0 Å². The predicted molar refractivity (Wildman–Crippen MR) is 63.2 cm³/mol. The Morgan fingerprint density at radius 1 is 1.35 bits per heavy atom. The van der Waals surface area contributed by atoms with Gasteiger partial charge in [0.25, 0.3) is 0 Å². The summed E-state index contributed by atoms with van der Waals surface area (Å²) in [5, 5.41) is 0. The highest BCUT2D eigenvalue weighted by molar-refractivity contribution is 7.89. The lowest BCUT2D eigenvalue weighted by Gasteiger charge is -2.25. The normalized spacial score (nSPS) is 18.2.